The molecule has 2 N–H and O–H groups in total. The van der Waals surface area contributed by atoms with Crippen molar-refractivity contribution in [3.63, 3.8) is 0 Å². The Labute approximate surface area is 52.8 Å². The lowest BCUT2D eigenvalue weighted by atomic mass is 10.8. The van der Waals surface area contributed by atoms with Gasteiger partial charge in [-0.15, -0.1) is 0 Å². The maximum Gasteiger partial charge on any atom is 0.266 e. The molecule has 9 heavy (non-hydrogen) atoms. The van der Waals surface area contributed by atoms with Crippen LogP contribution in [0.5, 0.6) is 0 Å². The van der Waals surface area contributed by atoms with Crippen LogP contribution < -0.4 is 5.32 Å². The highest BCUT2D eigenvalue weighted by Gasteiger charge is 2.00. The van der Waals surface area contributed by atoms with Crippen LogP contribution >= 0.6 is 0 Å². The van der Waals surface area contributed by atoms with Gasteiger partial charge in [0.2, 0.25) is 6.41 Å². The van der Waals surface area contributed by atoms with E-state index in [1.54, 1.807) is 0 Å². The van der Waals surface area contributed by atoms with Gasteiger partial charge in [0.05, 0.1) is 5.75 Å². The highest BCUT2D eigenvalue weighted by atomic mass is 32.2. The molecule has 0 spiro atoms. The van der Waals surface area contributed by atoms with Crippen molar-refractivity contribution < 1.29 is 17.8 Å². The number of carbonyl (C=O) groups excluding carboxylic acids is 1. The van der Waals surface area contributed by atoms with Crippen LogP contribution in [0.4, 0.5) is 0 Å². The summed E-state index contributed by atoms with van der Waals surface area (Å²) >= 11 is 0. The van der Waals surface area contributed by atoms with Gasteiger partial charge in [0.15, 0.2) is 0 Å². The molecule has 1 amide bonds. The fourth-order valence-electron chi connectivity index (χ4n) is 0.247. The Bertz CT molecular complexity index is 172. The van der Waals surface area contributed by atoms with E-state index < -0.39 is 15.9 Å². The molecule has 0 bridgehead atoms. The van der Waals surface area contributed by atoms with E-state index in [9.17, 15) is 13.2 Å². The topological polar surface area (TPSA) is 83.5 Å². The Morgan fingerprint density at radius 2 is 2.11 bits per heavy atom. The SMILES string of the molecule is O=CNCCS(=O)(=O)O. The van der Waals surface area contributed by atoms with E-state index in [4.69, 9.17) is 4.55 Å². The monoisotopic (exact) mass is 153 g/mol. The van der Waals surface area contributed by atoms with Crippen LogP contribution in [-0.2, 0) is 14.9 Å². The van der Waals surface area contributed by atoms with Gasteiger partial charge in [-0.2, -0.15) is 8.42 Å². The van der Waals surface area contributed by atoms with Gasteiger partial charge in [-0.1, -0.05) is 0 Å². The summed E-state index contributed by atoms with van der Waals surface area (Å²) in [7, 11) is -3.92. The Kier molecular flexibility index (Phi) is 3.18. The number of hydrogen-bond donors (Lipinski definition) is 2. The summed E-state index contributed by atoms with van der Waals surface area (Å²) in [5, 5.41) is 2.09. The van der Waals surface area contributed by atoms with Crippen molar-refractivity contribution in [2.75, 3.05) is 12.3 Å². The fourth-order valence-corrected chi connectivity index (χ4v) is 0.623. The average Bonchev–Trinajstić information content (AvgIpc) is 1.63. The van der Waals surface area contributed by atoms with Crippen molar-refractivity contribution in [2.24, 2.45) is 0 Å². The van der Waals surface area contributed by atoms with Crippen molar-refractivity contribution >= 4 is 16.5 Å². The Morgan fingerprint density at radius 1 is 1.56 bits per heavy atom. The normalized spacial score (nSPS) is 10.8. The Morgan fingerprint density at radius 3 is 2.44 bits per heavy atom. The summed E-state index contributed by atoms with van der Waals surface area (Å²) in [5.74, 6) is -0.439. The number of rotatable bonds is 4. The molecule has 0 heterocycles. The lowest BCUT2D eigenvalue weighted by molar-refractivity contribution is -0.109. The molecule has 0 aromatic carbocycles. The van der Waals surface area contributed by atoms with E-state index in [1.807, 2.05) is 0 Å². The second-order valence-electron chi connectivity index (χ2n) is 1.36. The molecule has 0 radical (unpaired) electrons. The van der Waals surface area contributed by atoms with Crippen molar-refractivity contribution in [1.29, 1.82) is 0 Å². The highest BCUT2D eigenvalue weighted by Crippen LogP contribution is 1.76. The molecule has 0 atom stereocenters. The van der Waals surface area contributed by atoms with E-state index in [0.29, 0.717) is 6.41 Å². The maximum absolute atomic E-state index is 9.91. The smallest absolute Gasteiger partial charge is 0.266 e. The summed E-state index contributed by atoms with van der Waals surface area (Å²) in [6.45, 7) is -0.0532. The third-order valence-electron chi connectivity index (χ3n) is 0.588. The molecule has 0 aliphatic rings. The van der Waals surface area contributed by atoms with E-state index >= 15 is 0 Å². The summed E-state index contributed by atoms with van der Waals surface area (Å²) in [6.07, 6.45) is 0.366. The second kappa shape index (κ2) is 3.41. The Balaban J connectivity index is 3.40. The van der Waals surface area contributed by atoms with Crippen LogP contribution in [0.15, 0.2) is 0 Å². The zero-order valence-electron chi connectivity index (χ0n) is 4.57. The summed E-state index contributed by atoms with van der Waals surface area (Å²) < 4.78 is 27.9. The van der Waals surface area contributed by atoms with E-state index in [1.165, 1.54) is 0 Å². The first kappa shape index (κ1) is 8.38. The predicted molar refractivity (Wildman–Crippen MR) is 30.5 cm³/mol. The molecular weight excluding hydrogens is 146 g/mol. The highest BCUT2D eigenvalue weighted by molar-refractivity contribution is 7.85. The van der Waals surface area contributed by atoms with Gasteiger partial charge >= 0.3 is 0 Å². The number of hydrogen-bond acceptors (Lipinski definition) is 3. The predicted octanol–water partition coefficient (Wildman–Crippen LogP) is -1.38. The molecule has 0 aromatic rings. The van der Waals surface area contributed by atoms with E-state index in [-0.39, 0.29) is 6.54 Å². The number of nitrogens with one attached hydrogen (secondary N) is 1. The minimum atomic E-state index is -3.92. The van der Waals surface area contributed by atoms with Crippen molar-refractivity contribution in [1.82, 2.24) is 5.32 Å². The summed E-state index contributed by atoms with van der Waals surface area (Å²) in [6, 6.07) is 0. The van der Waals surface area contributed by atoms with Gasteiger partial charge in [0.25, 0.3) is 10.1 Å². The van der Waals surface area contributed by atoms with Crippen LogP contribution in [0, 0.1) is 0 Å². The van der Waals surface area contributed by atoms with Gasteiger partial charge in [0.1, 0.15) is 0 Å². The van der Waals surface area contributed by atoms with Gasteiger partial charge in [-0.3, -0.25) is 9.35 Å². The third kappa shape index (κ3) is 7.38. The molecule has 54 valence electrons. The van der Waals surface area contributed by atoms with Crippen LogP contribution in [-0.4, -0.2) is 31.7 Å². The molecule has 0 fully saturated rings. The number of amides is 1. The molecule has 0 aliphatic heterocycles. The lowest BCUT2D eigenvalue weighted by Gasteiger charge is -1.92. The first-order valence-electron chi connectivity index (χ1n) is 2.18. The zero-order valence-corrected chi connectivity index (χ0v) is 5.39. The van der Waals surface area contributed by atoms with Crippen molar-refractivity contribution in [3.8, 4) is 0 Å². The van der Waals surface area contributed by atoms with Gasteiger partial charge in [0, 0.05) is 6.54 Å². The average molecular weight is 153 g/mol. The molecule has 0 aliphatic carbocycles. The fraction of sp³-hybridized carbons (Fsp3) is 0.667. The van der Waals surface area contributed by atoms with Crippen LogP contribution in [0.1, 0.15) is 0 Å². The van der Waals surface area contributed by atoms with Crippen LogP contribution in [0.3, 0.4) is 0 Å². The molecule has 0 saturated carbocycles. The minimum Gasteiger partial charge on any atom is -0.358 e. The first-order chi connectivity index (χ1) is 4.06. The third-order valence-corrected chi connectivity index (χ3v) is 1.31. The molecule has 0 aromatic heterocycles. The van der Waals surface area contributed by atoms with E-state index in [2.05, 4.69) is 5.32 Å². The lowest BCUT2D eigenvalue weighted by Crippen LogP contribution is -2.20. The Hall–Kier alpha value is -0.620. The quantitative estimate of drug-likeness (QED) is 0.296. The van der Waals surface area contributed by atoms with Gasteiger partial charge < -0.3 is 5.32 Å². The van der Waals surface area contributed by atoms with Crippen molar-refractivity contribution in [3.05, 3.63) is 0 Å². The standard InChI is InChI=1S/C3H7NO4S/c5-3-4-1-2-9(6,7)8/h3H,1-2H2,(H,4,5)(H,6,7,8). The number of carbonyl (C=O) groups is 1. The summed E-state index contributed by atoms with van der Waals surface area (Å²) in [5.41, 5.74) is 0. The molecule has 0 saturated heterocycles. The molecule has 0 unspecified atom stereocenters. The first-order valence-corrected chi connectivity index (χ1v) is 3.79. The van der Waals surface area contributed by atoms with Crippen LogP contribution in [0.25, 0.3) is 0 Å². The molecule has 0 rings (SSSR count). The van der Waals surface area contributed by atoms with Gasteiger partial charge in [-0.25, -0.2) is 0 Å². The zero-order chi connectivity index (χ0) is 7.33. The maximum atomic E-state index is 9.91. The molecule has 5 nitrogen and oxygen atoms in total. The van der Waals surface area contributed by atoms with Gasteiger partial charge in [-0.05, 0) is 0 Å². The van der Waals surface area contributed by atoms with Crippen LogP contribution in [0.2, 0.25) is 0 Å². The largest absolute Gasteiger partial charge is 0.358 e. The van der Waals surface area contributed by atoms with Crippen molar-refractivity contribution in [2.45, 2.75) is 0 Å². The second-order valence-corrected chi connectivity index (χ2v) is 2.93. The summed E-state index contributed by atoms with van der Waals surface area (Å²) in [4.78, 5) is 9.50. The van der Waals surface area contributed by atoms with E-state index in [0.717, 1.165) is 0 Å². The minimum absolute atomic E-state index is 0.0532. The molecule has 6 heteroatoms. The molecular formula is C3H7NO4S.